The zero-order valence-corrected chi connectivity index (χ0v) is 37.0. The van der Waals surface area contributed by atoms with Crippen molar-refractivity contribution in [3.63, 3.8) is 0 Å². The molecule has 0 unspecified atom stereocenters. The van der Waals surface area contributed by atoms with Crippen LogP contribution in [-0.2, 0) is 51.2 Å². The molecule has 0 saturated carbocycles. The second kappa shape index (κ2) is 23.6. The number of nitrogens with two attached hydrogens (primary N) is 4. The summed E-state index contributed by atoms with van der Waals surface area (Å²) in [7, 11) is 0. The van der Waals surface area contributed by atoms with Crippen LogP contribution in [0.3, 0.4) is 0 Å². The number of aromatic nitrogens is 2. The SMILES string of the molecule is C[C@H](NC(=O)[C@@H](N)CO)C(=O)N[C@@H](CCCN=C(N)N)C(=O)N[C@@H](Cc1c[nH]c2ccccc12)C(=O)N[C@@H](Cc1c[nH]c2ccccc12)C(=O)N[C@@H](CCC(N)=O)C(=O)N1CCC[C@H]1C(=O)O. The number of primary amides is 1. The highest BCUT2D eigenvalue weighted by Crippen LogP contribution is 2.23. The van der Waals surface area contributed by atoms with E-state index in [2.05, 4.69) is 41.5 Å². The molecule has 360 valence electrons. The van der Waals surface area contributed by atoms with E-state index in [1.165, 1.54) is 6.92 Å². The molecule has 1 aliphatic heterocycles. The number of benzene rings is 2. The van der Waals surface area contributed by atoms with Crippen molar-refractivity contribution in [2.45, 2.75) is 101 Å². The van der Waals surface area contributed by atoms with Gasteiger partial charge in [-0.3, -0.25) is 38.6 Å². The molecule has 1 saturated heterocycles. The standard InChI is InChI=1S/C44H59N13O10/c1-23(52-38(61)28(45)22-58)37(60)53-31(12-6-16-49-44(47)48)39(62)55-34(19-25-21-51-30-11-5-3-9-27(25)30)41(64)56-33(18-24-20-50-29-10-4-2-8-26(24)29)40(63)54-32(14-15-36(46)59)42(65)57-17-7-13-35(57)43(66)67/h2-5,8-11,20-21,23,28,31-35,50-51,58H,6-7,12-19,22,45H2,1H3,(H2,46,59)(H,52,61)(H,53,60)(H,54,63)(H,55,62)(H,56,64)(H,66,67)(H4,47,48,49)/t23-,28-,31-,32-,33-,34-,35-/m0/s1. The molecule has 5 rings (SSSR count). The number of hydrogen-bond acceptors (Lipinski definition) is 11. The average Bonchev–Trinajstić information content (AvgIpc) is 4.07. The van der Waals surface area contributed by atoms with Crippen LogP contribution in [0.25, 0.3) is 21.8 Å². The Labute approximate surface area is 384 Å². The van der Waals surface area contributed by atoms with Gasteiger partial charge in [-0.05, 0) is 62.3 Å². The minimum absolute atomic E-state index is 0.0430. The molecule has 0 radical (unpaired) electrons. The molecule has 0 bridgehead atoms. The van der Waals surface area contributed by atoms with Crippen LogP contribution < -0.4 is 49.5 Å². The number of aliphatic hydroxyl groups is 1. The van der Waals surface area contributed by atoms with E-state index in [0.717, 1.165) is 26.7 Å². The number of aliphatic carboxylic acids is 1. The van der Waals surface area contributed by atoms with Crippen LogP contribution in [0.5, 0.6) is 0 Å². The van der Waals surface area contributed by atoms with Gasteiger partial charge in [0.25, 0.3) is 0 Å². The third kappa shape index (κ3) is 13.7. The number of amides is 7. The third-order valence-electron chi connectivity index (χ3n) is 11.4. The number of aliphatic hydroxyl groups excluding tert-OH is 1. The molecule has 23 nitrogen and oxygen atoms in total. The number of carboxylic acid groups (broad SMARTS) is 1. The van der Waals surface area contributed by atoms with Crippen molar-refractivity contribution in [3.8, 4) is 0 Å². The number of fused-ring (bicyclic) bond motifs is 2. The minimum atomic E-state index is -1.43. The number of rotatable bonds is 24. The predicted molar refractivity (Wildman–Crippen MR) is 245 cm³/mol. The van der Waals surface area contributed by atoms with Crippen molar-refractivity contribution >= 4 is 75.1 Å². The molecule has 4 aromatic rings. The van der Waals surface area contributed by atoms with Gasteiger partial charge < -0.3 is 74.6 Å². The van der Waals surface area contributed by atoms with Crippen LogP contribution in [0, 0.1) is 0 Å². The van der Waals surface area contributed by atoms with E-state index in [1.54, 1.807) is 24.5 Å². The van der Waals surface area contributed by atoms with Crippen LogP contribution in [0.1, 0.15) is 56.6 Å². The van der Waals surface area contributed by atoms with E-state index in [4.69, 9.17) is 22.9 Å². The van der Waals surface area contributed by atoms with Crippen LogP contribution in [0.2, 0.25) is 0 Å². The van der Waals surface area contributed by atoms with Crippen LogP contribution in [-0.4, -0.2) is 140 Å². The number of guanidine groups is 1. The summed E-state index contributed by atoms with van der Waals surface area (Å²) < 4.78 is 0. The van der Waals surface area contributed by atoms with Gasteiger partial charge in [0, 0.05) is 66.6 Å². The smallest absolute Gasteiger partial charge is 0.326 e. The molecule has 7 atom stereocenters. The highest BCUT2D eigenvalue weighted by molar-refractivity contribution is 5.98. The summed E-state index contributed by atoms with van der Waals surface area (Å²) >= 11 is 0. The van der Waals surface area contributed by atoms with Crippen LogP contribution >= 0.6 is 0 Å². The van der Waals surface area contributed by atoms with Crippen LogP contribution in [0.4, 0.5) is 0 Å². The lowest BCUT2D eigenvalue weighted by Gasteiger charge is -2.29. The second-order valence-corrected chi connectivity index (χ2v) is 16.4. The molecule has 1 aliphatic rings. The Morgan fingerprint density at radius 1 is 0.731 bits per heavy atom. The first kappa shape index (κ1) is 50.5. The topological polar surface area (TPSA) is 388 Å². The monoisotopic (exact) mass is 929 g/mol. The maximum absolute atomic E-state index is 14.8. The fourth-order valence-corrected chi connectivity index (χ4v) is 7.85. The van der Waals surface area contributed by atoms with Gasteiger partial charge in [0.2, 0.25) is 41.4 Å². The molecule has 17 N–H and O–H groups in total. The summed E-state index contributed by atoms with van der Waals surface area (Å²) in [4.78, 5) is 119. The third-order valence-corrected chi connectivity index (χ3v) is 11.4. The van der Waals surface area contributed by atoms with Gasteiger partial charge >= 0.3 is 5.97 Å². The maximum Gasteiger partial charge on any atom is 0.326 e. The summed E-state index contributed by atoms with van der Waals surface area (Å²) in [5, 5.41) is 33.7. The Bertz CT molecular complexity index is 2470. The van der Waals surface area contributed by atoms with E-state index < -0.39 is 96.2 Å². The van der Waals surface area contributed by atoms with Crippen LogP contribution in [0.15, 0.2) is 65.9 Å². The van der Waals surface area contributed by atoms with E-state index in [0.29, 0.717) is 17.5 Å². The lowest BCUT2D eigenvalue weighted by molar-refractivity contribution is -0.149. The van der Waals surface area contributed by atoms with E-state index in [9.17, 15) is 48.6 Å². The fraction of sp³-hybridized carbons (Fsp3) is 0.432. The van der Waals surface area contributed by atoms with Gasteiger partial charge in [-0.2, -0.15) is 0 Å². The molecule has 3 heterocycles. The van der Waals surface area contributed by atoms with Gasteiger partial charge in [0.05, 0.1) is 6.61 Å². The van der Waals surface area contributed by atoms with Gasteiger partial charge in [0.15, 0.2) is 5.96 Å². The largest absolute Gasteiger partial charge is 0.480 e. The fourth-order valence-electron chi connectivity index (χ4n) is 7.85. The highest BCUT2D eigenvalue weighted by Gasteiger charge is 2.39. The molecule has 67 heavy (non-hydrogen) atoms. The van der Waals surface area contributed by atoms with Gasteiger partial charge in [0.1, 0.15) is 42.3 Å². The number of aromatic amines is 2. The number of carboxylic acids is 1. The number of aliphatic imine (C=N–C) groups is 1. The zero-order chi connectivity index (χ0) is 48.8. The highest BCUT2D eigenvalue weighted by atomic mass is 16.4. The summed E-state index contributed by atoms with van der Waals surface area (Å²) in [5.74, 6) is -7.05. The number of hydrogen-bond donors (Lipinski definition) is 13. The Hall–Kier alpha value is -7.53. The van der Waals surface area contributed by atoms with Crippen molar-refractivity contribution in [3.05, 3.63) is 72.1 Å². The van der Waals surface area contributed by atoms with Crippen molar-refractivity contribution in [1.29, 1.82) is 0 Å². The van der Waals surface area contributed by atoms with E-state index >= 15 is 0 Å². The quantitative estimate of drug-likeness (QED) is 0.0198. The van der Waals surface area contributed by atoms with Gasteiger partial charge in [-0.25, -0.2) is 4.79 Å². The zero-order valence-electron chi connectivity index (χ0n) is 37.0. The number of nitrogens with zero attached hydrogens (tertiary/aromatic N) is 2. The molecule has 1 fully saturated rings. The number of nitrogens with one attached hydrogen (secondary N) is 7. The van der Waals surface area contributed by atoms with E-state index in [1.807, 2.05) is 36.4 Å². The summed E-state index contributed by atoms with van der Waals surface area (Å²) in [6.45, 7) is 0.839. The predicted octanol–water partition coefficient (Wildman–Crippen LogP) is -2.41. The summed E-state index contributed by atoms with van der Waals surface area (Å²) in [6.07, 6.45) is 3.20. The second-order valence-electron chi connectivity index (χ2n) is 16.4. The number of H-pyrrole nitrogens is 2. The first-order chi connectivity index (χ1) is 32.0. The number of para-hydroxylation sites is 2. The molecule has 0 aliphatic carbocycles. The first-order valence-electron chi connectivity index (χ1n) is 21.8. The summed E-state index contributed by atoms with van der Waals surface area (Å²) in [5.41, 5.74) is 24.7. The first-order valence-corrected chi connectivity index (χ1v) is 21.8. The number of carbonyl (C=O) groups excluding carboxylic acids is 7. The van der Waals surface area contributed by atoms with Crippen molar-refractivity contribution in [1.82, 2.24) is 41.5 Å². The average molecular weight is 930 g/mol. The Morgan fingerprint density at radius 3 is 1.78 bits per heavy atom. The summed E-state index contributed by atoms with van der Waals surface area (Å²) in [6, 6.07) is 5.21. The normalized spacial score (nSPS) is 16.2. The lowest BCUT2D eigenvalue weighted by atomic mass is 10.0. The molecular formula is C44H59N13O10. The van der Waals surface area contributed by atoms with Crippen molar-refractivity contribution in [2.75, 3.05) is 19.7 Å². The number of likely N-dealkylation sites (tertiary alicyclic amines) is 1. The number of carbonyl (C=O) groups is 8. The lowest BCUT2D eigenvalue weighted by Crippen LogP contribution is -2.60. The molecule has 23 heteroatoms. The maximum atomic E-state index is 14.8. The van der Waals surface area contributed by atoms with Gasteiger partial charge in [-0.15, -0.1) is 0 Å². The van der Waals surface area contributed by atoms with Crippen molar-refractivity contribution in [2.24, 2.45) is 27.9 Å². The Kier molecular flexibility index (Phi) is 17.8. The molecular weight excluding hydrogens is 871 g/mol. The van der Waals surface area contributed by atoms with E-state index in [-0.39, 0.29) is 64.0 Å². The Morgan fingerprint density at radius 2 is 1.25 bits per heavy atom. The minimum Gasteiger partial charge on any atom is -0.480 e. The molecule has 7 amide bonds. The molecule has 2 aromatic carbocycles. The molecule has 0 spiro atoms. The van der Waals surface area contributed by atoms with Crippen molar-refractivity contribution < 1.29 is 48.6 Å². The molecule has 2 aromatic heterocycles. The Balaban J connectivity index is 1.48. The van der Waals surface area contributed by atoms with Gasteiger partial charge in [-0.1, -0.05) is 36.4 Å².